The molecule has 0 aliphatic heterocycles. The van der Waals surface area contributed by atoms with Crippen molar-refractivity contribution in [2.45, 2.75) is 25.9 Å². The van der Waals surface area contributed by atoms with Gasteiger partial charge in [0, 0.05) is 10.5 Å². The zero-order chi connectivity index (χ0) is 13.3. The van der Waals surface area contributed by atoms with Crippen LogP contribution in [-0.2, 0) is 0 Å². The van der Waals surface area contributed by atoms with Crippen LogP contribution in [0.3, 0.4) is 0 Å². The maximum Gasteiger partial charge on any atom is 0.0745 e. The van der Waals surface area contributed by atoms with E-state index in [4.69, 9.17) is 5.73 Å². The highest BCUT2D eigenvalue weighted by atomic mass is 79.9. The normalized spacial score (nSPS) is 13.0. The van der Waals surface area contributed by atoms with Gasteiger partial charge in [0.05, 0.1) is 22.4 Å². The molecule has 1 heterocycles. The maximum absolute atomic E-state index is 6.38. The van der Waals surface area contributed by atoms with Gasteiger partial charge in [-0.3, -0.25) is 4.68 Å². The van der Waals surface area contributed by atoms with Gasteiger partial charge in [0.15, 0.2) is 0 Å². The third-order valence-corrected chi connectivity index (χ3v) is 4.14. The number of nitrogens with two attached hydrogens (primary N) is 1. The molecule has 5 heteroatoms. The first-order valence-corrected chi connectivity index (χ1v) is 7.34. The van der Waals surface area contributed by atoms with Gasteiger partial charge in [0.1, 0.15) is 0 Å². The van der Waals surface area contributed by atoms with E-state index in [1.165, 1.54) is 0 Å². The number of hydrogen-bond acceptors (Lipinski definition) is 2. The third-order valence-electron chi connectivity index (χ3n) is 2.81. The molecule has 1 unspecified atom stereocenters. The third kappa shape index (κ3) is 2.53. The average Bonchev–Trinajstić information content (AvgIpc) is 2.71. The van der Waals surface area contributed by atoms with Crippen molar-refractivity contribution in [3.8, 4) is 0 Å². The molecule has 1 aromatic heterocycles. The molecule has 18 heavy (non-hydrogen) atoms. The van der Waals surface area contributed by atoms with Crippen molar-refractivity contribution in [3.63, 3.8) is 0 Å². The van der Waals surface area contributed by atoms with Crippen LogP contribution in [0, 0.1) is 0 Å². The standard InChI is InChI=1S/C13H15Br2N3/c1-8(2)18-13(11(15)7-17-18)12(16)9-5-3-4-6-10(9)14/h3-8,12H,16H2,1-2H3. The van der Waals surface area contributed by atoms with E-state index in [2.05, 4.69) is 50.8 Å². The fraction of sp³-hybridized carbons (Fsp3) is 0.308. The number of nitrogens with zero attached hydrogens (tertiary/aromatic N) is 2. The Morgan fingerprint density at radius 1 is 1.17 bits per heavy atom. The summed E-state index contributed by atoms with van der Waals surface area (Å²) in [5.41, 5.74) is 8.43. The van der Waals surface area contributed by atoms with E-state index >= 15 is 0 Å². The van der Waals surface area contributed by atoms with Crippen LogP contribution in [0.5, 0.6) is 0 Å². The Kier molecular flexibility index (Phi) is 4.25. The topological polar surface area (TPSA) is 43.8 Å². The van der Waals surface area contributed by atoms with Crippen LogP contribution in [0.1, 0.15) is 37.2 Å². The van der Waals surface area contributed by atoms with Crippen molar-refractivity contribution >= 4 is 31.9 Å². The molecule has 0 aliphatic carbocycles. The van der Waals surface area contributed by atoms with Gasteiger partial charge >= 0.3 is 0 Å². The zero-order valence-electron chi connectivity index (χ0n) is 10.3. The molecule has 1 aromatic carbocycles. The van der Waals surface area contributed by atoms with Gasteiger partial charge in [-0.25, -0.2) is 0 Å². The summed E-state index contributed by atoms with van der Waals surface area (Å²) >= 11 is 7.07. The summed E-state index contributed by atoms with van der Waals surface area (Å²) in [4.78, 5) is 0. The van der Waals surface area contributed by atoms with Gasteiger partial charge in [-0.15, -0.1) is 0 Å². The molecular weight excluding hydrogens is 358 g/mol. The van der Waals surface area contributed by atoms with Crippen LogP contribution < -0.4 is 5.73 Å². The van der Waals surface area contributed by atoms with E-state index in [1.807, 2.05) is 28.9 Å². The predicted molar refractivity (Wildman–Crippen MR) is 80.5 cm³/mol. The van der Waals surface area contributed by atoms with Crippen molar-refractivity contribution in [1.29, 1.82) is 0 Å². The number of rotatable bonds is 3. The fourth-order valence-electron chi connectivity index (χ4n) is 1.93. The molecule has 96 valence electrons. The van der Waals surface area contributed by atoms with E-state index < -0.39 is 0 Å². The van der Waals surface area contributed by atoms with Crippen LogP contribution in [-0.4, -0.2) is 9.78 Å². The monoisotopic (exact) mass is 371 g/mol. The van der Waals surface area contributed by atoms with Crippen LogP contribution in [0.15, 0.2) is 39.4 Å². The highest BCUT2D eigenvalue weighted by Crippen LogP contribution is 2.32. The zero-order valence-corrected chi connectivity index (χ0v) is 13.4. The van der Waals surface area contributed by atoms with E-state index in [1.54, 1.807) is 6.20 Å². The summed E-state index contributed by atoms with van der Waals surface area (Å²) in [5, 5.41) is 4.37. The van der Waals surface area contributed by atoms with Gasteiger partial charge in [0.2, 0.25) is 0 Å². The lowest BCUT2D eigenvalue weighted by Crippen LogP contribution is -2.19. The Hall–Kier alpha value is -0.650. The van der Waals surface area contributed by atoms with Crippen LogP contribution in [0.25, 0.3) is 0 Å². The lowest BCUT2D eigenvalue weighted by molar-refractivity contribution is 0.498. The average molecular weight is 373 g/mol. The minimum atomic E-state index is -0.208. The molecular formula is C13H15Br2N3. The van der Waals surface area contributed by atoms with Crippen LogP contribution in [0.2, 0.25) is 0 Å². The second kappa shape index (κ2) is 5.55. The van der Waals surface area contributed by atoms with E-state index in [-0.39, 0.29) is 12.1 Å². The first kappa shape index (κ1) is 13.8. The second-order valence-electron chi connectivity index (χ2n) is 4.42. The molecule has 0 aliphatic rings. The van der Waals surface area contributed by atoms with E-state index in [9.17, 15) is 0 Å². The number of hydrogen-bond donors (Lipinski definition) is 1. The summed E-state index contributed by atoms with van der Waals surface area (Å²) in [6, 6.07) is 8.07. The van der Waals surface area contributed by atoms with Gasteiger partial charge in [-0.05, 0) is 41.4 Å². The molecule has 0 saturated heterocycles. The molecule has 3 nitrogen and oxygen atoms in total. The van der Waals surface area contributed by atoms with E-state index in [0.29, 0.717) is 0 Å². The first-order valence-electron chi connectivity index (χ1n) is 5.75. The molecule has 0 saturated carbocycles. The molecule has 0 fully saturated rings. The van der Waals surface area contributed by atoms with Crippen molar-refractivity contribution in [2.75, 3.05) is 0 Å². The quantitative estimate of drug-likeness (QED) is 0.883. The minimum Gasteiger partial charge on any atom is -0.319 e. The Bertz CT molecular complexity index is 549. The SMILES string of the molecule is CC(C)n1ncc(Br)c1C(N)c1ccccc1Br. The molecule has 0 radical (unpaired) electrons. The summed E-state index contributed by atoms with van der Waals surface area (Å²) < 4.78 is 3.91. The molecule has 2 N–H and O–H groups in total. The minimum absolute atomic E-state index is 0.208. The van der Waals surface area contributed by atoms with Crippen molar-refractivity contribution in [1.82, 2.24) is 9.78 Å². The summed E-state index contributed by atoms with van der Waals surface area (Å²) in [7, 11) is 0. The Morgan fingerprint density at radius 3 is 2.44 bits per heavy atom. The largest absolute Gasteiger partial charge is 0.319 e. The first-order chi connectivity index (χ1) is 8.52. The summed E-state index contributed by atoms with van der Waals surface area (Å²) in [6.07, 6.45) is 1.80. The highest BCUT2D eigenvalue weighted by molar-refractivity contribution is 9.10. The Morgan fingerprint density at radius 2 is 1.83 bits per heavy atom. The summed E-state index contributed by atoms with van der Waals surface area (Å²) in [5.74, 6) is 0. The van der Waals surface area contributed by atoms with Crippen molar-refractivity contribution in [2.24, 2.45) is 5.73 Å². The van der Waals surface area contributed by atoms with E-state index in [0.717, 1.165) is 20.2 Å². The van der Waals surface area contributed by atoms with Gasteiger partial charge < -0.3 is 5.73 Å². The lowest BCUT2D eigenvalue weighted by atomic mass is 10.0. The van der Waals surface area contributed by atoms with Gasteiger partial charge in [0.25, 0.3) is 0 Å². The van der Waals surface area contributed by atoms with Crippen molar-refractivity contribution < 1.29 is 0 Å². The highest BCUT2D eigenvalue weighted by Gasteiger charge is 2.21. The lowest BCUT2D eigenvalue weighted by Gasteiger charge is -2.18. The second-order valence-corrected chi connectivity index (χ2v) is 6.12. The number of halogens is 2. The fourth-order valence-corrected chi connectivity index (χ4v) is 2.98. The smallest absolute Gasteiger partial charge is 0.0745 e. The molecule has 0 amide bonds. The molecule has 0 bridgehead atoms. The molecule has 2 rings (SSSR count). The van der Waals surface area contributed by atoms with Crippen LogP contribution in [0.4, 0.5) is 0 Å². The number of benzene rings is 1. The van der Waals surface area contributed by atoms with Gasteiger partial charge in [-0.2, -0.15) is 5.10 Å². The molecule has 0 spiro atoms. The summed E-state index contributed by atoms with van der Waals surface area (Å²) in [6.45, 7) is 4.19. The Balaban J connectivity index is 2.49. The Labute approximate surface area is 124 Å². The number of aromatic nitrogens is 2. The molecule has 2 aromatic rings. The maximum atomic E-state index is 6.38. The van der Waals surface area contributed by atoms with Crippen LogP contribution >= 0.6 is 31.9 Å². The van der Waals surface area contributed by atoms with Gasteiger partial charge in [-0.1, -0.05) is 34.1 Å². The van der Waals surface area contributed by atoms with Crippen molar-refractivity contribution in [3.05, 3.63) is 50.7 Å². The predicted octanol–water partition coefficient (Wildman–Crippen LogP) is 4.04. The molecule has 1 atom stereocenters.